The third-order valence-corrected chi connectivity index (χ3v) is 4.00. The Balaban J connectivity index is 1.80. The van der Waals surface area contributed by atoms with Crippen molar-refractivity contribution in [3.63, 3.8) is 0 Å². The SMILES string of the molecule is CC(N)Cc1ccc(SCCc2ccccc2)cc1. The maximum absolute atomic E-state index is 5.80. The summed E-state index contributed by atoms with van der Waals surface area (Å²) in [5.74, 6) is 1.12. The number of rotatable bonds is 6. The summed E-state index contributed by atoms with van der Waals surface area (Å²) in [5, 5.41) is 0. The van der Waals surface area contributed by atoms with Gasteiger partial charge in [-0.2, -0.15) is 0 Å². The van der Waals surface area contributed by atoms with Gasteiger partial charge in [0.15, 0.2) is 0 Å². The molecule has 0 spiro atoms. The Morgan fingerprint density at radius 3 is 2.26 bits per heavy atom. The van der Waals surface area contributed by atoms with Crippen LogP contribution in [0.5, 0.6) is 0 Å². The van der Waals surface area contributed by atoms with E-state index < -0.39 is 0 Å². The first-order valence-corrected chi connectivity index (χ1v) is 7.74. The third kappa shape index (κ3) is 5.09. The second kappa shape index (κ2) is 7.37. The minimum absolute atomic E-state index is 0.233. The molecular formula is C17H21NS. The maximum atomic E-state index is 5.80. The molecule has 2 aromatic carbocycles. The summed E-state index contributed by atoms with van der Waals surface area (Å²) < 4.78 is 0. The van der Waals surface area contributed by atoms with E-state index in [0.717, 1.165) is 18.6 Å². The zero-order valence-corrected chi connectivity index (χ0v) is 12.2. The van der Waals surface area contributed by atoms with Crippen LogP contribution < -0.4 is 5.73 Å². The molecule has 0 saturated heterocycles. The van der Waals surface area contributed by atoms with Crippen LogP contribution in [0.15, 0.2) is 59.5 Å². The molecule has 2 rings (SSSR count). The van der Waals surface area contributed by atoms with Gasteiger partial charge < -0.3 is 5.73 Å². The molecular weight excluding hydrogens is 250 g/mol. The van der Waals surface area contributed by atoms with Crippen LogP contribution >= 0.6 is 11.8 Å². The standard InChI is InChI=1S/C17H21NS/c1-14(18)13-16-7-9-17(10-8-16)19-12-11-15-5-3-2-4-6-15/h2-10,14H,11-13,18H2,1H3. The Bertz CT molecular complexity index is 476. The number of hydrogen-bond donors (Lipinski definition) is 1. The largest absolute Gasteiger partial charge is 0.328 e. The lowest BCUT2D eigenvalue weighted by molar-refractivity contribution is 0.737. The second-order valence-corrected chi connectivity index (χ2v) is 6.08. The van der Waals surface area contributed by atoms with Crippen LogP contribution in [-0.2, 0) is 12.8 Å². The van der Waals surface area contributed by atoms with E-state index in [9.17, 15) is 0 Å². The molecule has 1 atom stereocenters. The first-order valence-electron chi connectivity index (χ1n) is 6.75. The average Bonchev–Trinajstić information content (AvgIpc) is 2.41. The Kier molecular flexibility index (Phi) is 5.49. The van der Waals surface area contributed by atoms with Crippen molar-refractivity contribution in [3.8, 4) is 0 Å². The number of aryl methyl sites for hydroxylation is 1. The monoisotopic (exact) mass is 271 g/mol. The van der Waals surface area contributed by atoms with Crippen molar-refractivity contribution >= 4 is 11.8 Å². The van der Waals surface area contributed by atoms with E-state index in [1.165, 1.54) is 16.0 Å². The van der Waals surface area contributed by atoms with Gasteiger partial charge in [0, 0.05) is 16.7 Å². The van der Waals surface area contributed by atoms with Gasteiger partial charge in [0.05, 0.1) is 0 Å². The molecule has 2 N–H and O–H groups in total. The van der Waals surface area contributed by atoms with Crippen LogP contribution in [0, 0.1) is 0 Å². The summed E-state index contributed by atoms with van der Waals surface area (Å²) in [6.07, 6.45) is 2.07. The van der Waals surface area contributed by atoms with Crippen molar-refractivity contribution in [2.24, 2.45) is 5.73 Å². The molecule has 100 valence electrons. The van der Waals surface area contributed by atoms with E-state index in [1.54, 1.807) is 0 Å². The normalized spacial score (nSPS) is 12.3. The summed E-state index contributed by atoms with van der Waals surface area (Å²) >= 11 is 1.91. The minimum Gasteiger partial charge on any atom is -0.328 e. The lowest BCUT2D eigenvalue weighted by Gasteiger charge is -2.06. The molecule has 0 aliphatic rings. The summed E-state index contributed by atoms with van der Waals surface area (Å²) in [4.78, 5) is 1.34. The lowest BCUT2D eigenvalue weighted by Crippen LogP contribution is -2.17. The predicted octanol–water partition coefficient (Wildman–Crippen LogP) is 3.91. The van der Waals surface area contributed by atoms with Gasteiger partial charge in [-0.1, -0.05) is 42.5 Å². The molecule has 0 aliphatic carbocycles. The van der Waals surface area contributed by atoms with Crippen LogP contribution in [-0.4, -0.2) is 11.8 Å². The topological polar surface area (TPSA) is 26.0 Å². The van der Waals surface area contributed by atoms with Gasteiger partial charge >= 0.3 is 0 Å². The summed E-state index contributed by atoms with van der Waals surface area (Å²) in [6, 6.07) is 19.7. The summed E-state index contributed by atoms with van der Waals surface area (Å²) in [5.41, 5.74) is 8.53. The summed E-state index contributed by atoms with van der Waals surface area (Å²) in [6.45, 7) is 2.04. The van der Waals surface area contributed by atoms with Crippen molar-refractivity contribution < 1.29 is 0 Å². The van der Waals surface area contributed by atoms with Crippen LogP contribution in [0.25, 0.3) is 0 Å². The molecule has 1 nitrogen and oxygen atoms in total. The van der Waals surface area contributed by atoms with Crippen molar-refractivity contribution in [2.45, 2.75) is 30.7 Å². The molecule has 2 heteroatoms. The van der Waals surface area contributed by atoms with E-state index in [4.69, 9.17) is 5.73 Å². The van der Waals surface area contributed by atoms with Gasteiger partial charge in [-0.25, -0.2) is 0 Å². The third-order valence-electron chi connectivity index (χ3n) is 2.98. The van der Waals surface area contributed by atoms with E-state index in [-0.39, 0.29) is 6.04 Å². The Morgan fingerprint density at radius 1 is 0.947 bits per heavy atom. The molecule has 19 heavy (non-hydrogen) atoms. The number of hydrogen-bond acceptors (Lipinski definition) is 2. The fourth-order valence-electron chi connectivity index (χ4n) is 2.02. The Labute approximate surface area is 120 Å². The quantitative estimate of drug-likeness (QED) is 0.806. The molecule has 0 fully saturated rings. The van der Waals surface area contributed by atoms with E-state index in [0.29, 0.717) is 0 Å². The first-order chi connectivity index (χ1) is 9.24. The zero-order valence-electron chi connectivity index (χ0n) is 11.4. The van der Waals surface area contributed by atoms with Crippen molar-refractivity contribution in [1.29, 1.82) is 0 Å². The predicted molar refractivity (Wildman–Crippen MR) is 84.7 cm³/mol. The van der Waals surface area contributed by atoms with Gasteiger partial charge in [0.25, 0.3) is 0 Å². The zero-order chi connectivity index (χ0) is 13.5. The van der Waals surface area contributed by atoms with Gasteiger partial charge in [0.2, 0.25) is 0 Å². The highest BCUT2D eigenvalue weighted by Crippen LogP contribution is 2.20. The van der Waals surface area contributed by atoms with E-state index in [2.05, 4.69) is 54.6 Å². The van der Waals surface area contributed by atoms with Crippen molar-refractivity contribution in [2.75, 3.05) is 5.75 Å². The maximum Gasteiger partial charge on any atom is 0.00722 e. The van der Waals surface area contributed by atoms with Crippen LogP contribution in [0.3, 0.4) is 0 Å². The Morgan fingerprint density at radius 2 is 1.63 bits per heavy atom. The molecule has 0 heterocycles. The van der Waals surface area contributed by atoms with Gasteiger partial charge in [0.1, 0.15) is 0 Å². The van der Waals surface area contributed by atoms with Gasteiger partial charge in [-0.05, 0) is 43.0 Å². The number of benzene rings is 2. The van der Waals surface area contributed by atoms with E-state index in [1.807, 2.05) is 18.7 Å². The first kappa shape index (κ1) is 14.2. The average molecular weight is 271 g/mol. The fraction of sp³-hybridized carbons (Fsp3) is 0.294. The lowest BCUT2D eigenvalue weighted by atomic mass is 10.1. The molecule has 0 aromatic heterocycles. The molecule has 0 amide bonds. The summed E-state index contributed by atoms with van der Waals surface area (Å²) in [7, 11) is 0. The van der Waals surface area contributed by atoms with Gasteiger partial charge in [-0.3, -0.25) is 0 Å². The van der Waals surface area contributed by atoms with Crippen LogP contribution in [0.1, 0.15) is 18.1 Å². The van der Waals surface area contributed by atoms with Gasteiger partial charge in [-0.15, -0.1) is 11.8 Å². The second-order valence-electron chi connectivity index (χ2n) is 4.91. The molecule has 0 saturated carbocycles. The van der Waals surface area contributed by atoms with Crippen LogP contribution in [0.4, 0.5) is 0 Å². The molecule has 1 unspecified atom stereocenters. The Hall–Kier alpha value is -1.25. The highest BCUT2D eigenvalue weighted by molar-refractivity contribution is 7.99. The minimum atomic E-state index is 0.233. The molecule has 0 bridgehead atoms. The van der Waals surface area contributed by atoms with Crippen LogP contribution in [0.2, 0.25) is 0 Å². The number of thioether (sulfide) groups is 1. The number of nitrogens with two attached hydrogens (primary N) is 1. The molecule has 2 aromatic rings. The fourth-order valence-corrected chi connectivity index (χ4v) is 2.93. The smallest absolute Gasteiger partial charge is 0.00722 e. The highest BCUT2D eigenvalue weighted by atomic mass is 32.2. The van der Waals surface area contributed by atoms with Crippen molar-refractivity contribution in [1.82, 2.24) is 0 Å². The molecule has 0 aliphatic heterocycles. The molecule has 0 radical (unpaired) electrons. The van der Waals surface area contributed by atoms with Crippen molar-refractivity contribution in [3.05, 3.63) is 65.7 Å². The highest BCUT2D eigenvalue weighted by Gasteiger charge is 1.99. The van der Waals surface area contributed by atoms with E-state index >= 15 is 0 Å².